The van der Waals surface area contributed by atoms with Crippen molar-refractivity contribution in [3.05, 3.63) is 75.5 Å². The van der Waals surface area contributed by atoms with E-state index < -0.39 is 18.5 Å². The fraction of sp³-hybridized carbons (Fsp3) is 0.261. The molecular formula is C23H25NO4. The molecule has 0 aliphatic heterocycles. The molecule has 0 bridgehead atoms. The third kappa shape index (κ3) is 5.16. The minimum atomic E-state index is -0.759. The van der Waals surface area contributed by atoms with Gasteiger partial charge >= 0.3 is 5.97 Å². The summed E-state index contributed by atoms with van der Waals surface area (Å²) in [4.78, 5) is 36.5. The molecule has 0 heterocycles. The number of carbonyl (C=O) groups is 3. The number of hydrogen-bond acceptors (Lipinski definition) is 4. The van der Waals surface area contributed by atoms with E-state index >= 15 is 0 Å². The second kappa shape index (κ2) is 9.13. The van der Waals surface area contributed by atoms with Crippen molar-refractivity contribution in [1.82, 2.24) is 5.32 Å². The maximum absolute atomic E-state index is 12.6. The van der Waals surface area contributed by atoms with E-state index in [1.54, 1.807) is 12.1 Å². The Kier molecular flexibility index (Phi) is 6.88. The van der Waals surface area contributed by atoms with Crippen molar-refractivity contribution in [3.8, 4) is 0 Å². The summed E-state index contributed by atoms with van der Waals surface area (Å²) in [6.07, 6.45) is 1.51. The van der Waals surface area contributed by atoms with Gasteiger partial charge in [-0.2, -0.15) is 0 Å². The van der Waals surface area contributed by atoms with Crippen molar-refractivity contribution >= 4 is 23.7 Å². The zero-order valence-corrected chi connectivity index (χ0v) is 16.9. The molecule has 5 heteroatoms. The molecule has 0 saturated heterocycles. The second-order valence-corrected chi connectivity index (χ2v) is 6.77. The molecule has 0 spiro atoms. The van der Waals surface area contributed by atoms with Crippen LogP contribution in [0.25, 0.3) is 6.08 Å². The summed E-state index contributed by atoms with van der Waals surface area (Å²) in [7, 11) is 0. The molecule has 0 aromatic heterocycles. The summed E-state index contributed by atoms with van der Waals surface area (Å²) < 4.78 is 5.19. The first-order valence-electron chi connectivity index (χ1n) is 9.02. The van der Waals surface area contributed by atoms with Crippen LogP contribution in [0.3, 0.4) is 0 Å². The van der Waals surface area contributed by atoms with Crippen LogP contribution in [-0.4, -0.2) is 24.3 Å². The summed E-state index contributed by atoms with van der Waals surface area (Å²) in [5, 5.41) is 2.47. The Hall–Kier alpha value is -3.21. The highest BCUT2D eigenvalue weighted by atomic mass is 16.5. The number of hydrogen-bond donors (Lipinski definition) is 1. The van der Waals surface area contributed by atoms with E-state index in [0.29, 0.717) is 5.56 Å². The number of ketones is 1. The van der Waals surface area contributed by atoms with Gasteiger partial charge in [0.05, 0.1) is 0 Å². The summed E-state index contributed by atoms with van der Waals surface area (Å²) in [6.45, 7) is 8.72. The molecule has 0 unspecified atom stereocenters. The molecule has 1 amide bonds. The summed E-state index contributed by atoms with van der Waals surface area (Å²) in [5.41, 5.74) is 5.35. The molecule has 0 saturated carbocycles. The highest BCUT2D eigenvalue weighted by Gasteiger charge is 2.18. The van der Waals surface area contributed by atoms with Crippen LogP contribution in [0.4, 0.5) is 0 Å². The monoisotopic (exact) mass is 379 g/mol. The Morgan fingerprint density at radius 3 is 2.21 bits per heavy atom. The first-order valence-corrected chi connectivity index (χ1v) is 9.02. The van der Waals surface area contributed by atoms with E-state index in [1.165, 1.54) is 13.0 Å². The van der Waals surface area contributed by atoms with Crippen LogP contribution in [0.5, 0.6) is 0 Å². The minimum Gasteiger partial charge on any atom is -0.453 e. The van der Waals surface area contributed by atoms with E-state index in [-0.39, 0.29) is 11.5 Å². The topological polar surface area (TPSA) is 72.5 Å². The van der Waals surface area contributed by atoms with Crippen LogP contribution in [-0.2, 0) is 14.3 Å². The first kappa shape index (κ1) is 21.1. The molecule has 146 valence electrons. The van der Waals surface area contributed by atoms with Gasteiger partial charge in [-0.25, -0.2) is 4.79 Å². The van der Waals surface area contributed by atoms with E-state index in [1.807, 2.05) is 52.0 Å². The average molecular weight is 379 g/mol. The minimum absolute atomic E-state index is 0.0144. The molecule has 0 aliphatic carbocycles. The summed E-state index contributed by atoms with van der Waals surface area (Å²) in [5.74, 6) is -1.43. The van der Waals surface area contributed by atoms with Crippen LogP contribution in [0.1, 0.15) is 45.1 Å². The Morgan fingerprint density at radius 1 is 0.964 bits per heavy atom. The second-order valence-electron chi connectivity index (χ2n) is 6.77. The van der Waals surface area contributed by atoms with Crippen LogP contribution in [0.2, 0.25) is 0 Å². The SMILES string of the molecule is CC(=O)N/C(=C\c1ccccc1)C(=O)OCC(=O)c1cc(C)c(C)c(C)c1C. The fourth-order valence-electron chi connectivity index (χ4n) is 2.84. The lowest BCUT2D eigenvalue weighted by molar-refractivity contribution is -0.139. The zero-order valence-electron chi connectivity index (χ0n) is 16.9. The lowest BCUT2D eigenvalue weighted by atomic mass is 9.93. The number of amides is 1. The summed E-state index contributed by atoms with van der Waals surface area (Å²) in [6, 6.07) is 10.9. The Morgan fingerprint density at radius 2 is 1.61 bits per heavy atom. The third-order valence-corrected chi connectivity index (χ3v) is 4.76. The highest BCUT2D eigenvalue weighted by molar-refractivity contribution is 6.02. The van der Waals surface area contributed by atoms with E-state index in [2.05, 4.69) is 5.32 Å². The lowest BCUT2D eigenvalue weighted by Gasteiger charge is -2.14. The first-order chi connectivity index (χ1) is 13.2. The van der Waals surface area contributed by atoms with Gasteiger partial charge in [-0.15, -0.1) is 0 Å². The van der Waals surface area contributed by atoms with Gasteiger partial charge in [0, 0.05) is 12.5 Å². The van der Waals surface area contributed by atoms with Gasteiger partial charge in [0.15, 0.2) is 6.61 Å². The number of esters is 1. The number of Topliss-reactive ketones (excluding diaryl/α,β-unsaturated/α-hetero) is 1. The van der Waals surface area contributed by atoms with Crippen molar-refractivity contribution in [2.45, 2.75) is 34.6 Å². The van der Waals surface area contributed by atoms with Gasteiger partial charge in [-0.1, -0.05) is 30.3 Å². The van der Waals surface area contributed by atoms with Crippen LogP contribution in [0, 0.1) is 27.7 Å². The normalized spacial score (nSPS) is 11.1. The van der Waals surface area contributed by atoms with Crippen molar-refractivity contribution in [3.63, 3.8) is 0 Å². The van der Waals surface area contributed by atoms with Gasteiger partial charge < -0.3 is 10.1 Å². The molecule has 1 N–H and O–H groups in total. The third-order valence-electron chi connectivity index (χ3n) is 4.76. The van der Waals surface area contributed by atoms with Gasteiger partial charge in [0.1, 0.15) is 5.70 Å². The van der Waals surface area contributed by atoms with Gasteiger partial charge in [-0.3, -0.25) is 9.59 Å². The molecule has 0 aliphatic rings. The van der Waals surface area contributed by atoms with Gasteiger partial charge in [0.2, 0.25) is 11.7 Å². The van der Waals surface area contributed by atoms with Crippen LogP contribution < -0.4 is 5.32 Å². The molecule has 28 heavy (non-hydrogen) atoms. The predicted octanol–water partition coefficient (Wildman–Crippen LogP) is 3.82. The van der Waals surface area contributed by atoms with E-state index in [9.17, 15) is 14.4 Å². The zero-order chi connectivity index (χ0) is 20.8. The summed E-state index contributed by atoms with van der Waals surface area (Å²) >= 11 is 0. The molecular weight excluding hydrogens is 354 g/mol. The number of nitrogens with one attached hydrogen (secondary N) is 1. The van der Waals surface area contributed by atoms with Crippen LogP contribution >= 0.6 is 0 Å². The standard InChI is InChI=1S/C23H25NO4/c1-14-11-20(17(4)16(3)15(14)2)22(26)13-28-23(27)21(24-18(5)25)12-19-9-7-6-8-10-19/h6-12H,13H2,1-5H3,(H,24,25)/b21-12-. The quantitative estimate of drug-likeness (QED) is 0.470. The molecule has 2 aromatic carbocycles. The van der Waals surface area contributed by atoms with Crippen molar-refractivity contribution in [2.24, 2.45) is 0 Å². The Labute approximate surface area is 165 Å². The Bertz CT molecular complexity index is 943. The highest BCUT2D eigenvalue weighted by Crippen LogP contribution is 2.21. The maximum atomic E-state index is 12.6. The smallest absolute Gasteiger partial charge is 0.355 e. The van der Waals surface area contributed by atoms with Gasteiger partial charge in [-0.05, 0) is 67.7 Å². The van der Waals surface area contributed by atoms with E-state index in [0.717, 1.165) is 27.8 Å². The maximum Gasteiger partial charge on any atom is 0.355 e. The molecule has 2 rings (SSSR count). The number of aryl methyl sites for hydroxylation is 1. The number of carbonyl (C=O) groups excluding carboxylic acids is 3. The number of benzene rings is 2. The molecule has 0 radical (unpaired) electrons. The number of rotatable bonds is 6. The van der Waals surface area contributed by atoms with Crippen molar-refractivity contribution in [1.29, 1.82) is 0 Å². The lowest BCUT2D eigenvalue weighted by Crippen LogP contribution is -2.27. The molecule has 0 atom stereocenters. The molecule has 0 fully saturated rings. The van der Waals surface area contributed by atoms with Crippen molar-refractivity contribution in [2.75, 3.05) is 6.61 Å². The van der Waals surface area contributed by atoms with E-state index in [4.69, 9.17) is 4.74 Å². The predicted molar refractivity (Wildman–Crippen MR) is 109 cm³/mol. The largest absolute Gasteiger partial charge is 0.453 e. The molecule has 5 nitrogen and oxygen atoms in total. The molecule has 2 aromatic rings. The fourth-order valence-corrected chi connectivity index (χ4v) is 2.84. The average Bonchev–Trinajstić information content (AvgIpc) is 2.67. The van der Waals surface area contributed by atoms with Gasteiger partial charge in [0.25, 0.3) is 0 Å². The van der Waals surface area contributed by atoms with Crippen LogP contribution in [0.15, 0.2) is 42.1 Å². The number of ether oxygens (including phenoxy) is 1. The Balaban J connectivity index is 2.17. The van der Waals surface area contributed by atoms with Crippen molar-refractivity contribution < 1.29 is 19.1 Å².